The molecule has 0 fully saturated rings. The second-order valence-electron chi connectivity index (χ2n) is 4.98. The Morgan fingerprint density at radius 3 is 2.35 bits per heavy atom. The number of hydrogen-bond donors (Lipinski definition) is 1. The van der Waals surface area contributed by atoms with E-state index in [9.17, 15) is 4.79 Å². The van der Waals surface area contributed by atoms with Crippen molar-refractivity contribution in [3.63, 3.8) is 0 Å². The maximum atomic E-state index is 11.4. The predicted octanol–water partition coefficient (Wildman–Crippen LogP) is 3.04. The first-order chi connectivity index (χ1) is 9.43. The number of benzene rings is 1. The molecule has 2 N–H and O–H groups in total. The van der Waals surface area contributed by atoms with Gasteiger partial charge in [-0.15, -0.1) is 0 Å². The van der Waals surface area contributed by atoms with Gasteiger partial charge >= 0.3 is 5.97 Å². The van der Waals surface area contributed by atoms with Gasteiger partial charge in [-0.3, -0.25) is 0 Å². The van der Waals surface area contributed by atoms with E-state index in [-0.39, 0.29) is 5.76 Å². The standard InChI is InChI=1S/C16H19NO3/c1-9-7-10(2)14(11(3)8-9)15(17)12-5-6-13(20-12)16(18)19-4/h5-8,15H,17H2,1-4H3. The molecule has 1 atom stereocenters. The molecule has 0 amide bonds. The van der Waals surface area contributed by atoms with Gasteiger partial charge in [-0.2, -0.15) is 0 Å². The summed E-state index contributed by atoms with van der Waals surface area (Å²) in [6.45, 7) is 6.11. The average molecular weight is 273 g/mol. The number of carbonyl (C=O) groups is 1. The van der Waals surface area contributed by atoms with E-state index >= 15 is 0 Å². The number of nitrogens with two attached hydrogens (primary N) is 1. The molecule has 1 aromatic carbocycles. The minimum Gasteiger partial charge on any atom is -0.463 e. The minimum absolute atomic E-state index is 0.167. The summed E-state index contributed by atoms with van der Waals surface area (Å²) < 4.78 is 10.1. The lowest BCUT2D eigenvalue weighted by atomic mass is 9.93. The summed E-state index contributed by atoms with van der Waals surface area (Å²) in [5, 5.41) is 0. The van der Waals surface area contributed by atoms with E-state index in [1.54, 1.807) is 12.1 Å². The molecular formula is C16H19NO3. The van der Waals surface area contributed by atoms with Crippen molar-refractivity contribution in [2.75, 3.05) is 7.11 Å². The highest BCUT2D eigenvalue weighted by atomic mass is 16.5. The Hall–Kier alpha value is -2.07. The first kappa shape index (κ1) is 14.3. The molecule has 0 saturated heterocycles. The van der Waals surface area contributed by atoms with Gasteiger partial charge in [0.25, 0.3) is 0 Å². The number of methoxy groups -OCH3 is 1. The number of ether oxygens (including phenoxy) is 1. The van der Waals surface area contributed by atoms with Gasteiger partial charge in [0.05, 0.1) is 13.2 Å². The normalized spacial score (nSPS) is 12.2. The Bertz CT molecular complexity index is 620. The maximum Gasteiger partial charge on any atom is 0.373 e. The van der Waals surface area contributed by atoms with Gasteiger partial charge in [-0.1, -0.05) is 17.7 Å². The van der Waals surface area contributed by atoms with Crippen molar-refractivity contribution in [2.45, 2.75) is 26.8 Å². The van der Waals surface area contributed by atoms with E-state index < -0.39 is 12.0 Å². The van der Waals surface area contributed by atoms with Crippen LogP contribution >= 0.6 is 0 Å². The van der Waals surface area contributed by atoms with Crippen LogP contribution in [-0.4, -0.2) is 13.1 Å². The first-order valence-corrected chi connectivity index (χ1v) is 6.45. The number of aryl methyl sites for hydroxylation is 3. The van der Waals surface area contributed by atoms with Crippen molar-refractivity contribution in [1.29, 1.82) is 0 Å². The van der Waals surface area contributed by atoms with Crippen LogP contribution < -0.4 is 5.73 Å². The van der Waals surface area contributed by atoms with Gasteiger partial charge in [0, 0.05) is 0 Å². The smallest absolute Gasteiger partial charge is 0.373 e. The average Bonchev–Trinajstić information content (AvgIpc) is 2.86. The largest absolute Gasteiger partial charge is 0.463 e. The third-order valence-electron chi connectivity index (χ3n) is 3.37. The Morgan fingerprint density at radius 1 is 1.20 bits per heavy atom. The minimum atomic E-state index is -0.499. The van der Waals surface area contributed by atoms with Gasteiger partial charge < -0.3 is 14.9 Å². The van der Waals surface area contributed by atoms with Crippen LogP contribution in [0.15, 0.2) is 28.7 Å². The highest BCUT2D eigenvalue weighted by Crippen LogP contribution is 2.28. The predicted molar refractivity (Wildman–Crippen MR) is 76.7 cm³/mol. The lowest BCUT2D eigenvalue weighted by Crippen LogP contribution is -2.14. The number of furan rings is 1. The summed E-state index contributed by atoms with van der Waals surface area (Å²) in [6, 6.07) is 7.09. The van der Waals surface area contributed by atoms with Gasteiger partial charge in [0.15, 0.2) is 0 Å². The zero-order chi connectivity index (χ0) is 14.9. The van der Waals surface area contributed by atoms with Crippen molar-refractivity contribution in [3.8, 4) is 0 Å². The molecular weight excluding hydrogens is 254 g/mol. The van der Waals surface area contributed by atoms with E-state index in [0.29, 0.717) is 5.76 Å². The fourth-order valence-corrected chi connectivity index (χ4v) is 2.55. The molecule has 4 heteroatoms. The zero-order valence-electron chi connectivity index (χ0n) is 12.2. The van der Waals surface area contributed by atoms with Crippen molar-refractivity contribution >= 4 is 5.97 Å². The molecule has 0 spiro atoms. The van der Waals surface area contributed by atoms with E-state index in [0.717, 1.165) is 16.7 Å². The Kier molecular flexibility index (Phi) is 3.95. The van der Waals surface area contributed by atoms with Crippen LogP contribution in [0.4, 0.5) is 0 Å². The summed E-state index contributed by atoms with van der Waals surface area (Å²) in [5.74, 6) is 0.224. The van der Waals surface area contributed by atoms with Crippen LogP contribution in [0.3, 0.4) is 0 Å². The number of rotatable bonds is 3. The third-order valence-corrected chi connectivity index (χ3v) is 3.37. The number of hydrogen-bond acceptors (Lipinski definition) is 4. The molecule has 0 aliphatic heterocycles. The van der Waals surface area contributed by atoms with Gasteiger partial charge in [0.2, 0.25) is 5.76 Å². The lowest BCUT2D eigenvalue weighted by Gasteiger charge is -2.16. The third kappa shape index (κ3) is 2.60. The van der Waals surface area contributed by atoms with E-state index in [4.69, 9.17) is 10.2 Å². The van der Waals surface area contributed by atoms with Crippen molar-refractivity contribution in [3.05, 3.63) is 58.0 Å². The van der Waals surface area contributed by atoms with Gasteiger partial charge in [0.1, 0.15) is 5.76 Å². The summed E-state index contributed by atoms with van der Waals surface area (Å²) >= 11 is 0. The van der Waals surface area contributed by atoms with E-state index in [1.165, 1.54) is 12.7 Å². The van der Waals surface area contributed by atoms with Crippen LogP contribution in [0.1, 0.15) is 44.6 Å². The molecule has 1 aromatic heterocycles. The second kappa shape index (κ2) is 5.51. The highest BCUT2D eigenvalue weighted by Gasteiger charge is 2.20. The molecule has 0 radical (unpaired) electrons. The molecule has 2 aromatic rings. The molecule has 0 bridgehead atoms. The molecule has 106 valence electrons. The SMILES string of the molecule is COC(=O)c1ccc(C(N)c2c(C)cc(C)cc2C)o1. The second-order valence-corrected chi connectivity index (χ2v) is 4.98. The summed E-state index contributed by atoms with van der Waals surface area (Å²) in [6.07, 6.45) is 0. The highest BCUT2D eigenvalue weighted by molar-refractivity contribution is 5.86. The Morgan fingerprint density at radius 2 is 1.80 bits per heavy atom. The van der Waals surface area contributed by atoms with Crippen LogP contribution in [0.2, 0.25) is 0 Å². The maximum absolute atomic E-state index is 11.4. The van der Waals surface area contributed by atoms with Gasteiger partial charge in [-0.05, 0) is 49.6 Å². The Labute approximate surface area is 118 Å². The topological polar surface area (TPSA) is 65.5 Å². The van der Waals surface area contributed by atoms with Crippen LogP contribution in [0, 0.1) is 20.8 Å². The molecule has 4 nitrogen and oxygen atoms in total. The summed E-state index contributed by atoms with van der Waals surface area (Å²) in [4.78, 5) is 11.4. The molecule has 2 rings (SSSR count). The van der Waals surface area contributed by atoms with Gasteiger partial charge in [-0.25, -0.2) is 4.79 Å². The Balaban J connectivity index is 2.39. The summed E-state index contributed by atoms with van der Waals surface area (Å²) in [5.41, 5.74) is 10.7. The lowest BCUT2D eigenvalue weighted by molar-refractivity contribution is 0.0562. The number of esters is 1. The fourth-order valence-electron chi connectivity index (χ4n) is 2.55. The van der Waals surface area contributed by atoms with Crippen molar-refractivity contribution < 1.29 is 13.9 Å². The van der Waals surface area contributed by atoms with Crippen LogP contribution in [0.5, 0.6) is 0 Å². The van der Waals surface area contributed by atoms with Crippen LogP contribution in [-0.2, 0) is 4.74 Å². The quantitative estimate of drug-likeness (QED) is 0.873. The molecule has 1 heterocycles. The molecule has 1 unspecified atom stereocenters. The molecule has 0 aliphatic carbocycles. The zero-order valence-corrected chi connectivity index (χ0v) is 12.2. The van der Waals surface area contributed by atoms with E-state index in [2.05, 4.69) is 23.8 Å². The van der Waals surface area contributed by atoms with Crippen molar-refractivity contribution in [2.24, 2.45) is 5.73 Å². The summed E-state index contributed by atoms with van der Waals surface area (Å²) in [7, 11) is 1.32. The fraction of sp³-hybridized carbons (Fsp3) is 0.312. The first-order valence-electron chi connectivity index (χ1n) is 6.45. The molecule has 0 aliphatic rings. The van der Waals surface area contributed by atoms with E-state index in [1.807, 2.05) is 13.8 Å². The number of carbonyl (C=O) groups excluding carboxylic acids is 1. The monoisotopic (exact) mass is 273 g/mol. The van der Waals surface area contributed by atoms with Crippen molar-refractivity contribution in [1.82, 2.24) is 0 Å². The van der Waals surface area contributed by atoms with Crippen LogP contribution in [0.25, 0.3) is 0 Å². The molecule has 0 saturated carbocycles. The molecule has 20 heavy (non-hydrogen) atoms.